The Labute approximate surface area is 130 Å². The van der Waals surface area contributed by atoms with Crippen molar-refractivity contribution in [3.05, 3.63) is 54.6 Å². The molecule has 2 amide bonds. The quantitative estimate of drug-likeness (QED) is 0.837. The van der Waals surface area contributed by atoms with Crippen LogP contribution in [-0.4, -0.2) is 37.1 Å². The zero-order chi connectivity index (χ0) is 15.4. The van der Waals surface area contributed by atoms with E-state index in [2.05, 4.69) is 10.2 Å². The Hall–Kier alpha value is -2.69. The fraction of sp³-hybridized carbons (Fsp3) is 0.235. The third kappa shape index (κ3) is 3.31. The van der Waals surface area contributed by atoms with E-state index in [9.17, 15) is 4.79 Å². The largest absolute Gasteiger partial charge is 0.399 e. The van der Waals surface area contributed by atoms with Crippen LogP contribution in [0.25, 0.3) is 0 Å². The lowest BCUT2D eigenvalue weighted by atomic mass is 10.2. The molecule has 1 saturated heterocycles. The van der Waals surface area contributed by atoms with Crippen molar-refractivity contribution in [1.29, 1.82) is 0 Å². The molecule has 0 radical (unpaired) electrons. The van der Waals surface area contributed by atoms with Crippen molar-refractivity contribution < 1.29 is 4.79 Å². The van der Waals surface area contributed by atoms with Crippen LogP contribution in [0.15, 0.2) is 54.6 Å². The second-order valence-corrected chi connectivity index (χ2v) is 5.36. The minimum Gasteiger partial charge on any atom is -0.399 e. The van der Waals surface area contributed by atoms with E-state index in [-0.39, 0.29) is 6.03 Å². The van der Waals surface area contributed by atoms with Gasteiger partial charge in [0.2, 0.25) is 0 Å². The van der Waals surface area contributed by atoms with Crippen molar-refractivity contribution in [1.82, 2.24) is 4.90 Å². The smallest absolute Gasteiger partial charge is 0.321 e. The van der Waals surface area contributed by atoms with Gasteiger partial charge < -0.3 is 20.9 Å². The summed E-state index contributed by atoms with van der Waals surface area (Å²) in [5, 5.41) is 2.93. The molecule has 5 nitrogen and oxygen atoms in total. The van der Waals surface area contributed by atoms with Gasteiger partial charge in [-0.2, -0.15) is 0 Å². The first-order chi connectivity index (χ1) is 10.7. The first kappa shape index (κ1) is 14.3. The number of carbonyl (C=O) groups is 1. The van der Waals surface area contributed by atoms with E-state index < -0.39 is 0 Å². The summed E-state index contributed by atoms with van der Waals surface area (Å²) in [4.78, 5) is 16.4. The Morgan fingerprint density at radius 1 is 0.909 bits per heavy atom. The molecule has 1 fully saturated rings. The Kier molecular flexibility index (Phi) is 4.14. The number of carbonyl (C=O) groups excluding carboxylic acids is 1. The molecule has 3 rings (SSSR count). The fourth-order valence-electron chi connectivity index (χ4n) is 2.58. The molecular weight excluding hydrogens is 276 g/mol. The van der Waals surface area contributed by atoms with Crippen molar-refractivity contribution in [2.45, 2.75) is 0 Å². The molecule has 0 spiro atoms. The van der Waals surface area contributed by atoms with E-state index in [4.69, 9.17) is 5.73 Å². The first-order valence-electron chi connectivity index (χ1n) is 7.44. The number of benzene rings is 2. The average molecular weight is 296 g/mol. The van der Waals surface area contributed by atoms with Crippen molar-refractivity contribution in [2.24, 2.45) is 0 Å². The lowest BCUT2D eigenvalue weighted by Gasteiger charge is -2.36. The summed E-state index contributed by atoms with van der Waals surface area (Å²) in [5.41, 5.74) is 8.46. The highest BCUT2D eigenvalue weighted by atomic mass is 16.2. The van der Waals surface area contributed by atoms with Crippen molar-refractivity contribution in [3.8, 4) is 0 Å². The Balaban J connectivity index is 1.55. The number of nitrogen functional groups attached to an aromatic ring is 1. The van der Waals surface area contributed by atoms with Gasteiger partial charge >= 0.3 is 6.03 Å². The Morgan fingerprint density at radius 3 is 2.18 bits per heavy atom. The monoisotopic (exact) mass is 296 g/mol. The van der Waals surface area contributed by atoms with Crippen LogP contribution in [-0.2, 0) is 0 Å². The molecule has 114 valence electrons. The van der Waals surface area contributed by atoms with Gasteiger partial charge in [-0.05, 0) is 36.4 Å². The number of piperazine rings is 1. The van der Waals surface area contributed by atoms with Crippen molar-refractivity contribution in [3.63, 3.8) is 0 Å². The highest BCUT2D eigenvalue weighted by Gasteiger charge is 2.21. The second-order valence-electron chi connectivity index (χ2n) is 5.36. The molecule has 0 saturated carbocycles. The van der Waals surface area contributed by atoms with Crippen LogP contribution in [0.4, 0.5) is 21.9 Å². The highest BCUT2D eigenvalue weighted by Crippen LogP contribution is 2.18. The molecule has 0 aromatic heterocycles. The number of nitrogens with two attached hydrogens (primary N) is 1. The van der Waals surface area contributed by atoms with E-state index in [0.29, 0.717) is 13.1 Å². The zero-order valence-electron chi connectivity index (χ0n) is 12.4. The maximum Gasteiger partial charge on any atom is 0.321 e. The minimum atomic E-state index is -0.0387. The van der Waals surface area contributed by atoms with Crippen LogP contribution in [0, 0.1) is 0 Å². The predicted octanol–water partition coefficient (Wildman–Crippen LogP) is 2.62. The van der Waals surface area contributed by atoms with Gasteiger partial charge in [-0.15, -0.1) is 0 Å². The lowest BCUT2D eigenvalue weighted by Crippen LogP contribution is -2.50. The van der Waals surface area contributed by atoms with Crippen LogP contribution < -0.4 is 16.0 Å². The molecular formula is C17H20N4O. The predicted molar refractivity (Wildman–Crippen MR) is 90.1 cm³/mol. The molecule has 0 unspecified atom stereocenters. The molecule has 1 aliphatic heterocycles. The molecule has 3 N–H and O–H groups in total. The average Bonchev–Trinajstić information content (AvgIpc) is 2.57. The van der Waals surface area contributed by atoms with Crippen LogP contribution in [0.2, 0.25) is 0 Å². The summed E-state index contributed by atoms with van der Waals surface area (Å²) in [6, 6.07) is 17.4. The number of anilines is 3. The summed E-state index contributed by atoms with van der Waals surface area (Å²) in [5.74, 6) is 0. The maximum atomic E-state index is 12.2. The summed E-state index contributed by atoms with van der Waals surface area (Å²) < 4.78 is 0. The molecule has 0 aliphatic carbocycles. The number of amides is 2. The zero-order valence-corrected chi connectivity index (χ0v) is 12.4. The standard InChI is InChI=1S/C17H20N4O/c18-14-6-8-16(9-7-14)20-10-12-21(13-11-20)17(22)19-15-4-2-1-3-5-15/h1-9H,10-13,18H2,(H,19,22). The molecule has 2 aromatic carbocycles. The molecule has 5 heteroatoms. The van der Waals surface area contributed by atoms with Crippen LogP contribution in [0.5, 0.6) is 0 Å². The summed E-state index contributed by atoms with van der Waals surface area (Å²) in [7, 11) is 0. The highest BCUT2D eigenvalue weighted by molar-refractivity contribution is 5.89. The topological polar surface area (TPSA) is 61.6 Å². The van der Waals surface area contributed by atoms with Gasteiger partial charge in [0.15, 0.2) is 0 Å². The van der Waals surface area contributed by atoms with Crippen molar-refractivity contribution >= 4 is 23.1 Å². The van der Waals surface area contributed by atoms with E-state index in [1.807, 2.05) is 59.5 Å². The number of para-hydroxylation sites is 1. The van der Waals surface area contributed by atoms with Gasteiger partial charge in [-0.3, -0.25) is 0 Å². The summed E-state index contributed by atoms with van der Waals surface area (Å²) in [6.07, 6.45) is 0. The van der Waals surface area contributed by atoms with E-state index in [0.717, 1.165) is 30.2 Å². The number of hydrogen-bond acceptors (Lipinski definition) is 3. The van der Waals surface area contributed by atoms with Gasteiger partial charge in [0.1, 0.15) is 0 Å². The van der Waals surface area contributed by atoms with Gasteiger partial charge in [0, 0.05) is 43.2 Å². The second kappa shape index (κ2) is 6.39. The number of rotatable bonds is 2. The third-order valence-corrected chi connectivity index (χ3v) is 3.85. The molecule has 22 heavy (non-hydrogen) atoms. The fourth-order valence-corrected chi connectivity index (χ4v) is 2.58. The molecule has 1 aliphatic rings. The Morgan fingerprint density at radius 2 is 1.55 bits per heavy atom. The Bertz CT molecular complexity index is 619. The van der Waals surface area contributed by atoms with Gasteiger partial charge in [0.25, 0.3) is 0 Å². The number of hydrogen-bond donors (Lipinski definition) is 2. The van der Waals surface area contributed by atoms with Gasteiger partial charge in [-0.25, -0.2) is 4.79 Å². The minimum absolute atomic E-state index is 0.0387. The van der Waals surface area contributed by atoms with E-state index in [1.54, 1.807) is 0 Å². The third-order valence-electron chi connectivity index (χ3n) is 3.85. The van der Waals surface area contributed by atoms with Gasteiger partial charge in [0.05, 0.1) is 0 Å². The SMILES string of the molecule is Nc1ccc(N2CCN(C(=O)Nc3ccccc3)CC2)cc1. The molecule has 1 heterocycles. The maximum absolute atomic E-state index is 12.2. The summed E-state index contributed by atoms with van der Waals surface area (Å²) in [6.45, 7) is 3.07. The van der Waals surface area contributed by atoms with E-state index in [1.165, 1.54) is 0 Å². The number of nitrogens with one attached hydrogen (secondary N) is 1. The van der Waals surface area contributed by atoms with Gasteiger partial charge in [-0.1, -0.05) is 18.2 Å². The molecule has 0 bridgehead atoms. The van der Waals surface area contributed by atoms with E-state index >= 15 is 0 Å². The summed E-state index contributed by atoms with van der Waals surface area (Å²) >= 11 is 0. The van der Waals surface area contributed by atoms with Crippen LogP contribution >= 0.6 is 0 Å². The number of nitrogens with zero attached hydrogens (tertiary/aromatic N) is 2. The molecule has 2 aromatic rings. The van der Waals surface area contributed by atoms with Crippen LogP contribution in [0.1, 0.15) is 0 Å². The number of urea groups is 1. The van der Waals surface area contributed by atoms with Crippen molar-refractivity contribution in [2.75, 3.05) is 42.1 Å². The molecule has 0 atom stereocenters. The lowest BCUT2D eigenvalue weighted by molar-refractivity contribution is 0.208. The first-order valence-corrected chi connectivity index (χ1v) is 7.44. The normalized spacial score (nSPS) is 14.7. The van der Waals surface area contributed by atoms with Crippen LogP contribution in [0.3, 0.4) is 0 Å².